The second kappa shape index (κ2) is 5.85. The Morgan fingerprint density at radius 3 is 2.68 bits per heavy atom. The summed E-state index contributed by atoms with van der Waals surface area (Å²) in [4.78, 5) is 7.25. The maximum Gasteiger partial charge on any atom is 0.0703 e. The predicted octanol–water partition coefficient (Wildman–Crippen LogP) is 3.66. The Hall–Kier alpha value is -2.40. The van der Waals surface area contributed by atoms with E-state index in [0.29, 0.717) is 6.04 Å². The van der Waals surface area contributed by atoms with E-state index in [1.165, 1.54) is 25.7 Å². The van der Waals surface area contributed by atoms with Crippen molar-refractivity contribution in [2.24, 2.45) is 0 Å². The normalized spacial score (nSPS) is 26.2. The van der Waals surface area contributed by atoms with Gasteiger partial charge in [0, 0.05) is 29.1 Å². The van der Waals surface area contributed by atoms with Gasteiger partial charge in [-0.3, -0.25) is 10.1 Å². The highest BCUT2D eigenvalue weighted by atomic mass is 15.2. The van der Waals surface area contributed by atoms with Crippen molar-refractivity contribution in [1.29, 1.82) is 0 Å². The van der Waals surface area contributed by atoms with Gasteiger partial charge in [0.2, 0.25) is 0 Å². The first kappa shape index (κ1) is 14.9. The molecule has 2 N–H and O–H groups in total. The lowest BCUT2D eigenvalue weighted by Crippen LogP contribution is -2.44. The minimum Gasteiger partial charge on any atom is -0.381 e. The predicted molar refractivity (Wildman–Crippen MR) is 101 cm³/mol. The first-order valence-electron chi connectivity index (χ1n) is 9.14. The van der Waals surface area contributed by atoms with Gasteiger partial charge in [-0.05, 0) is 57.0 Å². The molecule has 2 aliphatic heterocycles. The summed E-state index contributed by atoms with van der Waals surface area (Å²) in [6.45, 7) is 0. The number of pyridine rings is 1. The van der Waals surface area contributed by atoms with Crippen LogP contribution in [0, 0.1) is 0 Å². The van der Waals surface area contributed by atoms with E-state index in [1.54, 1.807) is 0 Å². The third kappa shape index (κ3) is 2.68. The van der Waals surface area contributed by atoms with Crippen molar-refractivity contribution in [2.75, 3.05) is 12.4 Å². The van der Waals surface area contributed by atoms with E-state index in [4.69, 9.17) is 0 Å². The molecule has 2 fully saturated rings. The number of nitrogens with zero attached hydrogens (tertiary/aromatic N) is 3. The van der Waals surface area contributed by atoms with Crippen LogP contribution in [0.4, 0.5) is 5.69 Å². The summed E-state index contributed by atoms with van der Waals surface area (Å²) in [5.41, 5.74) is 4.30. The average Bonchev–Trinajstić information content (AvgIpc) is 3.16. The van der Waals surface area contributed by atoms with Crippen molar-refractivity contribution >= 4 is 16.6 Å². The summed E-state index contributed by atoms with van der Waals surface area (Å²) in [6, 6.07) is 12.6. The van der Waals surface area contributed by atoms with Crippen molar-refractivity contribution in [3.05, 3.63) is 42.7 Å². The van der Waals surface area contributed by atoms with Gasteiger partial charge in [-0.2, -0.15) is 5.10 Å². The quantitative estimate of drug-likeness (QED) is 0.768. The molecule has 0 spiro atoms. The van der Waals surface area contributed by atoms with E-state index in [2.05, 4.69) is 62.8 Å². The molecule has 5 nitrogen and oxygen atoms in total. The lowest BCUT2D eigenvalue weighted by molar-refractivity contribution is 0.169. The van der Waals surface area contributed by atoms with Crippen LogP contribution in [0.1, 0.15) is 25.7 Å². The summed E-state index contributed by atoms with van der Waals surface area (Å²) < 4.78 is 0. The van der Waals surface area contributed by atoms with Gasteiger partial charge >= 0.3 is 0 Å². The zero-order chi connectivity index (χ0) is 16.8. The summed E-state index contributed by atoms with van der Waals surface area (Å²) in [5, 5.41) is 11.9. The Morgan fingerprint density at radius 1 is 1.08 bits per heavy atom. The molecule has 0 aliphatic carbocycles. The van der Waals surface area contributed by atoms with Crippen LogP contribution in [0.5, 0.6) is 0 Å². The van der Waals surface area contributed by atoms with Gasteiger partial charge in [-0.15, -0.1) is 0 Å². The minimum atomic E-state index is 0.573. The molecule has 1 unspecified atom stereocenters. The number of aromatic amines is 1. The number of benzene rings is 1. The summed E-state index contributed by atoms with van der Waals surface area (Å²) in [6.07, 6.45) is 9.01. The highest BCUT2D eigenvalue weighted by molar-refractivity contribution is 5.83. The molecule has 2 saturated heterocycles. The van der Waals surface area contributed by atoms with Crippen molar-refractivity contribution in [3.8, 4) is 11.3 Å². The molecule has 2 aromatic heterocycles. The van der Waals surface area contributed by atoms with Crippen LogP contribution < -0.4 is 5.32 Å². The van der Waals surface area contributed by atoms with Gasteiger partial charge in [-0.25, -0.2) is 0 Å². The molecule has 0 saturated carbocycles. The number of rotatable bonds is 3. The summed E-state index contributed by atoms with van der Waals surface area (Å²) >= 11 is 0. The van der Waals surface area contributed by atoms with Gasteiger partial charge in [0.1, 0.15) is 0 Å². The van der Waals surface area contributed by atoms with Crippen molar-refractivity contribution < 1.29 is 0 Å². The molecular weight excluding hydrogens is 310 g/mol. The fraction of sp³-hybridized carbons (Fsp3) is 0.400. The first-order chi connectivity index (χ1) is 12.3. The highest BCUT2D eigenvalue weighted by Crippen LogP contribution is 2.35. The van der Waals surface area contributed by atoms with Gasteiger partial charge in [0.05, 0.1) is 29.3 Å². The van der Waals surface area contributed by atoms with Crippen molar-refractivity contribution in [2.45, 2.75) is 43.8 Å². The molecule has 1 aromatic carbocycles. The van der Waals surface area contributed by atoms with Crippen LogP contribution in [-0.4, -0.2) is 45.3 Å². The van der Waals surface area contributed by atoms with Gasteiger partial charge in [0.15, 0.2) is 0 Å². The standard InChI is InChI=1S/C20H23N5/c1-25-17-4-5-18(25)10-16(9-17)23-15-3-7-19(21-12-15)13-2-6-20-14(8-13)11-22-24-20/h2-3,6-8,11-12,16-18,23H,4-5,9-10H2,1H3,(H,22,24)/t16?,17-,18+. The van der Waals surface area contributed by atoms with E-state index >= 15 is 0 Å². The van der Waals surface area contributed by atoms with Gasteiger partial charge < -0.3 is 10.2 Å². The highest BCUT2D eigenvalue weighted by Gasteiger charge is 2.38. The number of fused-ring (bicyclic) bond motifs is 3. The van der Waals surface area contributed by atoms with Crippen LogP contribution in [0.15, 0.2) is 42.7 Å². The number of nitrogens with one attached hydrogen (secondary N) is 2. The van der Waals surface area contributed by atoms with Gasteiger partial charge in [0.25, 0.3) is 0 Å². The first-order valence-corrected chi connectivity index (χ1v) is 9.14. The Morgan fingerprint density at radius 2 is 1.92 bits per heavy atom. The van der Waals surface area contributed by atoms with E-state index in [-0.39, 0.29) is 0 Å². The summed E-state index contributed by atoms with van der Waals surface area (Å²) in [5.74, 6) is 0. The number of H-pyrrole nitrogens is 1. The molecule has 5 rings (SSSR count). The zero-order valence-electron chi connectivity index (χ0n) is 14.4. The maximum atomic E-state index is 4.67. The van der Waals surface area contributed by atoms with E-state index in [1.807, 2.05) is 12.4 Å². The van der Waals surface area contributed by atoms with Crippen LogP contribution in [0.3, 0.4) is 0 Å². The van der Waals surface area contributed by atoms with Crippen LogP contribution in [0.25, 0.3) is 22.2 Å². The number of hydrogen-bond donors (Lipinski definition) is 2. The monoisotopic (exact) mass is 333 g/mol. The fourth-order valence-corrected chi connectivity index (χ4v) is 4.52. The Kier molecular flexibility index (Phi) is 3.48. The number of anilines is 1. The third-order valence-electron chi connectivity index (χ3n) is 5.97. The van der Waals surface area contributed by atoms with Gasteiger partial charge in [-0.1, -0.05) is 6.07 Å². The smallest absolute Gasteiger partial charge is 0.0703 e. The lowest BCUT2D eigenvalue weighted by atomic mass is 9.98. The molecule has 2 bridgehead atoms. The van der Waals surface area contributed by atoms with E-state index in [0.717, 1.165) is 39.9 Å². The van der Waals surface area contributed by atoms with Crippen molar-refractivity contribution in [1.82, 2.24) is 20.1 Å². The third-order valence-corrected chi connectivity index (χ3v) is 5.97. The van der Waals surface area contributed by atoms with Crippen molar-refractivity contribution in [3.63, 3.8) is 0 Å². The molecule has 0 radical (unpaired) electrons. The molecule has 25 heavy (non-hydrogen) atoms. The second-order valence-electron chi connectivity index (χ2n) is 7.47. The van der Waals surface area contributed by atoms with E-state index < -0.39 is 0 Å². The van der Waals surface area contributed by atoms with E-state index in [9.17, 15) is 0 Å². The number of piperidine rings is 1. The Labute approximate surface area is 147 Å². The maximum absolute atomic E-state index is 4.67. The molecule has 2 aliphatic rings. The number of hydrogen-bond acceptors (Lipinski definition) is 4. The summed E-state index contributed by atoms with van der Waals surface area (Å²) in [7, 11) is 2.28. The zero-order valence-corrected chi connectivity index (χ0v) is 14.4. The average molecular weight is 333 g/mol. The fourth-order valence-electron chi connectivity index (χ4n) is 4.52. The Bertz CT molecular complexity index is 870. The molecule has 4 heterocycles. The van der Waals surface area contributed by atoms with Crippen LogP contribution in [0.2, 0.25) is 0 Å². The number of aromatic nitrogens is 3. The Balaban J connectivity index is 1.31. The molecule has 128 valence electrons. The van der Waals surface area contributed by atoms with Crippen LogP contribution >= 0.6 is 0 Å². The molecule has 5 heteroatoms. The van der Waals surface area contributed by atoms with Crippen LogP contribution in [-0.2, 0) is 0 Å². The lowest BCUT2D eigenvalue weighted by Gasteiger charge is -2.37. The second-order valence-corrected chi connectivity index (χ2v) is 7.47. The largest absolute Gasteiger partial charge is 0.381 e. The molecule has 3 atom stereocenters. The molecule has 3 aromatic rings. The topological polar surface area (TPSA) is 56.8 Å². The SMILES string of the molecule is CN1[C@@H]2CC[C@H]1CC(Nc1ccc(-c3ccc4[nH]ncc4c3)nc1)C2. The molecule has 0 amide bonds. The minimum absolute atomic E-state index is 0.573. The molecular formula is C20H23N5.